The lowest BCUT2D eigenvalue weighted by Crippen LogP contribution is -2.51. The van der Waals surface area contributed by atoms with Gasteiger partial charge in [0.25, 0.3) is 0 Å². The van der Waals surface area contributed by atoms with Crippen molar-refractivity contribution in [3.8, 4) is 5.75 Å². The summed E-state index contributed by atoms with van der Waals surface area (Å²) in [5, 5.41) is 0. The molecule has 2 heterocycles. The normalized spacial score (nSPS) is 16.9. The van der Waals surface area contributed by atoms with Gasteiger partial charge in [0.05, 0.1) is 12.8 Å². The Hall–Kier alpha value is -3.14. The van der Waals surface area contributed by atoms with Crippen LogP contribution in [0.2, 0.25) is 0 Å². The number of carbonyl (C=O) groups is 1. The number of aromatic nitrogens is 2. The number of rotatable bonds is 6. The molecule has 1 atom stereocenters. The van der Waals surface area contributed by atoms with E-state index in [-0.39, 0.29) is 16.9 Å². The SMILES string of the molecule is COc1cccc2c1CC(C(=O)N1CCN(c3ccc(SCc4ccncn4)cc3)CC1)CC2.O.O. The summed E-state index contributed by atoms with van der Waals surface area (Å²) in [6.07, 6.45) is 6.03. The van der Waals surface area contributed by atoms with Gasteiger partial charge in [-0.2, -0.15) is 0 Å². The number of aryl methyl sites for hydroxylation is 1. The third kappa shape index (κ3) is 6.16. The van der Waals surface area contributed by atoms with Crippen LogP contribution in [0.1, 0.15) is 23.2 Å². The van der Waals surface area contributed by atoms with E-state index in [1.807, 2.05) is 18.2 Å². The van der Waals surface area contributed by atoms with Gasteiger partial charge in [0, 0.05) is 54.6 Å². The topological polar surface area (TPSA) is 122 Å². The first-order chi connectivity index (χ1) is 16.7. The lowest BCUT2D eigenvalue weighted by Gasteiger charge is -2.38. The molecular formula is C27H34N4O4S. The van der Waals surface area contributed by atoms with Crippen molar-refractivity contribution < 1.29 is 20.5 Å². The van der Waals surface area contributed by atoms with E-state index in [9.17, 15) is 4.79 Å². The largest absolute Gasteiger partial charge is 0.496 e. The Labute approximate surface area is 216 Å². The van der Waals surface area contributed by atoms with E-state index in [2.05, 4.69) is 50.1 Å². The molecule has 1 aromatic heterocycles. The predicted molar refractivity (Wildman–Crippen MR) is 143 cm³/mol. The number of fused-ring (bicyclic) bond motifs is 1. The van der Waals surface area contributed by atoms with Crippen LogP contribution in [0.5, 0.6) is 5.75 Å². The molecular weight excluding hydrogens is 476 g/mol. The van der Waals surface area contributed by atoms with Crippen molar-refractivity contribution in [1.29, 1.82) is 0 Å². The number of nitrogens with zero attached hydrogens (tertiary/aromatic N) is 4. The van der Waals surface area contributed by atoms with Crippen molar-refractivity contribution in [3.63, 3.8) is 0 Å². The number of amides is 1. The first-order valence-electron chi connectivity index (χ1n) is 11.9. The number of carbonyl (C=O) groups excluding carboxylic acids is 1. The van der Waals surface area contributed by atoms with Crippen LogP contribution in [0.4, 0.5) is 5.69 Å². The third-order valence-corrected chi connectivity index (χ3v) is 7.88. The van der Waals surface area contributed by atoms with Crippen molar-refractivity contribution in [3.05, 3.63) is 77.9 Å². The highest BCUT2D eigenvalue weighted by molar-refractivity contribution is 7.98. The van der Waals surface area contributed by atoms with Gasteiger partial charge in [-0.05, 0) is 66.8 Å². The molecule has 192 valence electrons. The van der Waals surface area contributed by atoms with E-state index in [4.69, 9.17) is 4.74 Å². The minimum atomic E-state index is 0. The lowest BCUT2D eigenvalue weighted by molar-refractivity contribution is -0.136. The predicted octanol–water partition coefficient (Wildman–Crippen LogP) is 2.58. The highest BCUT2D eigenvalue weighted by atomic mass is 32.2. The quantitative estimate of drug-likeness (QED) is 0.470. The van der Waals surface area contributed by atoms with Crippen molar-refractivity contribution in [1.82, 2.24) is 14.9 Å². The van der Waals surface area contributed by atoms with Crippen LogP contribution in [-0.4, -0.2) is 65.0 Å². The van der Waals surface area contributed by atoms with Gasteiger partial charge in [-0.3, -0.25) is 4.79 Å². The van der Waals surface area contributed by atoms with Gasteiger partial charge < -0.3 is 25.5 Å². The smallest absolute Gasteiger partial charge is 0.226 e. The highest BCUT2D eigenvalue weighted by Crippen LogP contribution is 2.33. The zero-order chi connectivity index (χ0) is 23.3. The summed E-state index contributed by atoms with van der Waals surface area (Å²) in [5.74, 6) is 2.10. The summed E-state index contributed by atoms with van der Waals surface area (Å²) in [4.78, 5) is 27.2. The summed E-state index contributed by atoms with van der Waals surface area (Å²) < 4.78 is 5.56. The zero-order valence-electron chi connectivity index (χ0n) is 20.5. The van der Waals surface area contributed by atoms with Gasteiger partial charge in [0.1, 0.15) is 12.1 Å². The molecule has 8 nitrogen and oxygen atoms in total. The third-order valence-electron chi connectivity index (χ3n) is 6.84. The lowest BCUT2D eigenvalue weighted by atomic mass is 9.82. The molecule has 1 saturated heterocycles. The second kappa shape index (κ2) is 12.7. The van der Waals surface area contributed by atoms with Crippen molar-refractivity contribution in [2.75, 3.05) is 38.2 Å². The molecule has 2 aliphatic rings. The molecule has 36 heavy (non-hydrogen) atoms. The monoisotopic (exact) mass is 510 g/mol. The van der Waals surface area contributed by atoms with E-state index in [0.717, 1.165) is 62.6 Å². The van der Waals surface area contributed by atoms with Crippen LogP contribution >= 0.6 is 11.8 Å². The molecule has 1 unspecified atom stereocenters. The average Bonchev–Trinajstić information content (AvgIpc) is 2.92. The van der Waals surface area contributed by atoms with E-state index in [1.54, 1.807) is 31.4 Å². The Morgan fingerprint density at radius 1 is 1.06 bits per heavy atom. The van der Waals surface area contributed by atoms with Gasteiger partial charge in [0.2, 0.25) is 5.91 Å². The fraction of sp³-hybridized carbons (Fsp3) is 0.370. The molecule has 1 aliphatic carbocycles. The Kier molecular flexibility index (Phi) is 9.69. The zero-order valence-corrected chi connectivity index (χ0v) is 21.3. The number of methoxy groups -OCH3 is 1. The summed E-state index contributed by atoms with van der Waals surface area (Å²) in [7, 11) is 1.71. The minimum Gasteiger partial charge on any atom is -0.496 e. The maximum atomic E-state index is 13.3. The number of ether oxygens (including phenoxy) is 1. The molecule has 5 rings (SSSR count). The van der Waals surface area contributed by atoms with Gasteiger partial charge in [0.15, 0.2) is 0 Å². The molecule has 0 saturated carbocycles. The maximum absolute atomic E-state index is 13.3. The van der Waals surface area contributed by atoms with Crippen LogP contribution in [0.15, 0.2) is 66.0 Å². The van der Waals surface area contributed by atoms with E-state index < -0.39 is 0 Å². The Morgan fingerprint density at radius 3 is 2.53 bits per heavy atom. The molecule has 1 aliphatic heterocycles. The average molecular weight is 511 g/mol. The fourth-order valence-electron chi connectivity index (χ4n) is 4.91. The summed E-state index contributed by atoms with van der Waals surface area (Å²) in [5.41, 5.74) is 4.79. The Balaban J connectivity index is 0.00000180. The minimum absolute atomic E-state index is 0. The van der Waals surface area contributed by atoms with Crippen molar-refractivity contribution in [2.45, 2.75) is 29.9 Å². The van der Waals surface area contributed by atoms with E-state index >= 15 is 0 Å². The van der Waals surface area contributed by atoms with Crippen LogP contribution in [0.25, 0.3) is 0 Å². The summed E-state index contributed by atoms with van der Waals surface area (Å²) in [6.45, 7) is 3.29. The van der Waals surface area contributed by atoms with Crippen LogP contribution in [-0.2, 0) is 23.4 Å². The Bertz CT molecular complexity index is 1110. The van der Waals surface area contributed by atoms with Crippen LogP contribution in [0.3, 0.4) is 0 Å². The molecule has 0 spiro atoms. The fourth-order valence-corrected chi connectivity index (χ4v) is 5.73. The molecule has 1 amide bonds. The van der Waals surface area contributed by atoms with E-state index in [1.165, 1.54) is 21.7 Å². The second-order valence-corrected chi connectivity index (χ2v) is 9.88. The van der Waals surface area contributed by atoms with E-state index in [0.29, 0.717) is 5.91 Å². The number of thioether (sulfide) groups is 1. The molecule has 0 bridgehead atoms. The molecule has 3 aromatic rings. The first kappa shape index (κ1) is 27.4. The molecule has 9 heteroatoms. The first-order valence-corrected chi connectivity index (χ1v) is 12.9. The number of hydrogen-bond acceptors (Lipinski definition) is 6. The van der Waals surface area contributed by atoms with Crippen molar-refractivity contribution >= 4 is 23.4 Å². The van der Waals surface area contributed by atoms with Gasteiger partial charge in [-0.25, -0.2) is 9.97 Å². The second-order valence-electron chi connectivity index (χ2n) is 8.83. The number of piperazine rings is 1. The molecule has 1 fully saturated rings. The van der Waals surface area contributed by atoms with Crippen molar-refractivity contribution in [2.24, 2.45) is 5.92 Å². The molecule has 0 radical (unpaired) electrons. The number of benzene rings is 2. The number of anilines is 1. The van der Waals surface area contributed by atoms with Gasteiger partial charge in [-0.1, -0.05) is 12.1 Å². The number of hydrogen-bond donors (Lipinski definition) is 0. The maximum Gasteiger partial charge on any atom is 0.226 e. The summed E-state index contributed by atoms with van der Waals surface area (Å²) >= 11 is 1.78. The standard InChI is InChI=1S/C27H30N4O2S.2H2O/c1-33-26-4-2-3-20-5-6-21(17-25(20)26)27(32)31-15-13-30(14-16-31)23-7-9-24(10-8-23)34-18-22-11-12-28-19-29-22;;/h2-4,7-12,19,21H,5-6,13-18H2,1H3;2*1H2. The van der Waals surface area contributed by atoms with Gasteiger partial charge in [-0.15, -0.1) is 11.8 Å². The molecule has 2 aromatic carbocycles. The van der Waals surface area contributed by atoms with Crippen LogP contribution < -0.4 is 9.64 Å². The van der Waals surface area contributed by atoms with Gasteiger partial charge >= 0.3 is 0 Å². The molecule has 4 N–H and O–H groups in total. The Morgan fingerprint density at radius 2 is 1.83 bits per heavy atom. The van der Waals surface area contributed by atoms with Crippen LogP contribution in [0, 0.1) is 5.92 Å². The highest BCUT2D eigenvalue weighted by Gasteiger charge is 2.31. The summed E-state index contributed by atoms with van der Waals surface area (Å²) in [6, 6.07) is 16.9.